The third-order valence-corrected chi connectivity index (χ3v) is 4.31. The van der Waals surface area contributed by atoms with Crippen LogP contribution in [0.25, 0.3) is 0 Å². The normalized spacial score (nSPS) is 17.9. The van der Waals surface area contributed by atoms with E-state index in [9.17, 15) is 5.11 Å². The van der Waals surface area contributed by atoms with Crippen molar-refractivity contribution in [1.29, 1.82) is 0 Å². The summed E-state index contributed by atoms with van der Waals surface area (Å²) in [5.41, 5.74) is 1.20. The second-order valence-corrected chi connectivity index (χ2v) is 5.28. The molecule has 1 saturated heterocycles. The molecule has 1 aromatic carbocycles. The lowest BCUT2D eigenvalue weighted by Crippen LogP contribution is -2.20. The fourth-order valence-corrected chi connectivity index (χ4v) is 3.56. The van der Waals surface area contributed by atoms with Gasteiger partial charge in [0.2, 0.25) is 0 Å². The molecule has 4 heteroatoms. The van der Waals surface area contributed by atoms with Crippen LogP contribution in [0.4, 0.5) is 5.69 Å². The smallest absolute Gasteiger partial charge is 0.115 e. The predicted octanol–water partition coefficient (Wildman–Crippen LogP) is 2.59. The Kier molecular flexibility index (Phi) is 3.48. The number of hydrogen-bond donors (Lipinski definition) is 1. The van der Waals surface area contributed by atoms with Crippen molar-refractivity contribution in [3.8, 4) is 5.75 Å². The van der Waals surface area contributed by atoms with Gasteiger partial charge in [0.05, 0.1) is 11.8 Å². The van der Waals surface area contributed by atoms with E-state index >= 15 is 0 Å². The summed E-state index contributed by atoms with van der Waals surface area (Å²) in [7, 11) is 0. The fraction of sp³-hybridized carbons (Fsp3) is 0.400. The van der Waals surface area contributed by atoms with Gasteiger partial charge in [-0.3, -0.25) is 0 Å². The first-order valence-electron chi connectivity index (χ1n) is 4.56. The van der Waals surface area contributed by atoms with Gasteiger partial charge in [0.25, 0.3) is 0 Å². The van der Waals surface area contributed by atoms with Crippen molar-refractivity contribution in [2.45, 2.75) is 0 Å². The molecule has 76 valence electrons. The molecule has 0 aliphatic carbocycles. The van der Waals surface area contributed by atoms with E-state index in [1.165, 1.54) is 17.2 Å². The van der Waals surface area contributed by atoms with Crippen LogP contribution in [-0.4, -0.2) is 28.4 Å². The van der Waals surface area contributed by atoms with Crippen molar-refractivity contribution < 1.29 is 5.11 Å². The number of anilines is 1. The van der Waals surface area contributed by atoms with Crippen molar-refractivity contribution in [2.24, 2.45) is 0 Å². The van der Waals surface area contributed by atoms with E-state index in [0.717, 1.165) is 11.8 Å². The van der Waals surface area contributed by atoms with Crippen LogP contribution < -0.4 is 4.90 Å². The molecule has 0 saturated carbocycles. The van der Waals surface area contributed by atoms with Crippen molar-refractivity contribution in [3.63, 3.8) is 0 Å². The Balaban J connectivity index is 2.08. The molecular formula is C10H13NOS2. The molecule has 1 N–H and O–H groups in total. The minimum absolute atomic E-state index is 0.337. The summed E-state index contributed by atoms with van der Waals surface area (Å²) in [6.45, 7) is 0. The van der Waals surface area contributed by atoms with Crippen molar-refractivity contribution in [1.82, 2.24) is 0 Å². The van der Waals surface area contributed by atoms with Gasteiger partial charge in [-0.15, -0.1) is 23.5 Å². The van der Waals surface area contributed by atoms with Gasteiger partial charge in [-0.05, 0) is 24.3 Å². The number of nitrogens with zero attached hydrogens (tertiary/aromatic N) is 1. The second kappa shape index (κ2) is 4.84. The predicted molar refractivity (Wildman–Crippen MR) is 65.2 cm³/mol. The quantitative estimate of drug-likeness (QED) is 0.796. The highest BCUT2D eigenvalue weighted by atomic mass is 32.2. The van der Waals surface area contributed by atoms with Gasteiger partial charge in [0.1, 0.15) is 5.75 Å². The summed E-state index contributed by atoms with van der Waals surface area (Å²) in [4.78, 5) is 2.34. The highest BCUT2D eigenvalue weighted by Gasteiger charge is 2.09. The van der Waals surface area contributed by atoms with Crippen molar-refractivity contribution in [2.75, 3.05) is 28.2 Å². The van der Waals surface area contributed by atoms with Crippen molar-refractivity contribution in [3.05, 3.63) is 24.3 Å². The average molecular weight is 227 g/mol. The Morgan fingerprint density at radius 3 is 2.14 bits per heavy atom. The standard InChI is InChI=1S/C10H13NOS2/c12-10-3-1-9(2-4-10)11-7-13-5-6-14-8-11/h1-4,12H,5-8H2. The molecule has 0 atom stereocenters. The number of phenols is 1. The van der Waals surface area contributed by atoms with E-state index in [0.29, 0.717) is 5.75 Å². The van der Waals surface area contributed by atoms with E-state index < -0.39 is 0 Å². The molecule has 14 heavy (non-hydrogen) atoms. The molecule has 1 aromatic rings. The minimum atomic E-state index is 0.337. The van der Waals surface area contributed by atoms with Crippen molar-refractivity contribution >= 4 is 29.2 Å². The van der Waals surface area contributed by atoms with Crippen LogP contribution in [-0.2, 0) is 0 Å². The number of aromatic hydroxyl groups is 1. The average Bonchev–Trinajstić information content (AvgIpc) is 2.47. The highest BCUT2D eigenvalue weighted by molar-refractivity contribution is 8.03. The van der Waals surface area contributed by atoms with Crippen LogP contribution in [0.5, 0.6) is 5.75 Å². The molecule has 0 spiro atoms. The topological polar surface area (TPSA) is 23.5 Å². The summed E-state index contributed by atoms with van der Waals surface area (Å²) in [5.74, 6) is 4.91. The van der Waals surface area contributed by atoms with Crippen LogP contribution in [0.2, 0.25) is 0 Å². The zero-order valence-electron chi connectivity index (χ0n) is 7.85. The van der Waals surface area contributed by atoms with E-state index in [1.807, 2.05) is 35.7 Å². The summed E-state index contributed by atoms with van der Waals surface area (Å²) < 4.78 is 0. The Morgan fingerprint density at radius 1 is 1.00 bits per heavy atom. The first kappa shape index (κ1) is 10.1. The summed E-state index contributed by atoms with van der Waals surface area (Å²) in [6.07, 6.45) is 0. The molecule has 1 fully saturated rings. The van der Waals surface area contributed by atoms with Gasteiger partial charge >= 0.3 is 0 Å². The van der Waals surface area contributed by atoms with Crippen LogP contribution in [0.15, 0.2) is 24.3 Å². The van der Waals surface area contributed by atoms with Crippen LogP contribution >= 0.6 is 23.5 Å². The highest BCUT2D eigenvalue weighted by Crippen LogP contribution is 2.25. The van der Waals surface area contributed by atoms with Crippen LogP contribution in [0.1, 0.15) is 0 Å². The number of hydrogen-bond acceptors (Lipinski definition) is 4. The zero-order valence-corrected chi connectivity index (χ0v) is 9.48. The maximum atomic E-state index is 9.18. The number of benzene rings is 1. The summed E-state index contributed by atoms with van der Waals surface area (Å²) >= 11 is 3.93. The van der Waals surface area contributed by atoms with Gasteiger partial charge in [-0.25, -0.2) is 0 Å². The van der Waals surface area contributed by atoms with Gasteiger partial charge in [-0.2, -0.15) is 0 Å². The van der Waals surface area contributed by atoms with Gasteiger partial charge in [0, 0.05) is 17.2 Å². The summed E-state index contributed by atoms with van der Waals surface area (Å²) in [6, 6.07) is 7.44. The van der Waals surface area contributed by atoms with Gasteiger partial charge in [0.15, 0.2) is 0 Å². The first-order chi connectivity index (χ1) is 6.86. The van der Waals surface area contributed by atoms with E-state index in [4.69, 9.17) is 0 Å². The third kappa shape index (κ3) is 2.51. The monoisotopic (exact) mass is 227 g/mol. The molecule has 1 heterocycles. The molecule has 0 unspecified atom stereocenters. The van der Waals surface area contributed by atoms with E-state index in [2.05, 4.69) is 4.90 Å². The molecule has 0 bridgehead atoms. The lowest BCUT2D eigenvalue weighted by atomic mass is 10.3. The fourth-order valence-electron chi connectivity index (χ4n) is 1.32. The lowest BCUT2D eigenvalue weighted by Gasteiger charge is -2.21. The van der Waals surface area contributed by atoms with Gasteiger partial charge in [-0.1, -0.05) is 0 Å². The molecule has 0 aromatic heterocycles. The molecule has 0 radical (unpaired) electrons. The molecule has 1 aliphatic heterocycles. The minimum Gasteiger partial charge on any atom is -0.508 e. The third-order valence-electron chi connectivity index (χ3n) is 2.08. The molecule has 2 nitrogen and oxygen atoms in total. The molecule has 2 rings (SSSR count). The van der Waals surface area contributed by atoms with Crippen LogP contribution in [0, 0.1) is 0 Å². The summed E-state index contributed by atoms with van der Waals surface area (Å²) in [5, 5.41) is 9.18. The number of thioether (sulfide) groups is 2. The Morgan fingerprint density at radius 2 is 1.57 bits per heavy atom. The molecule has 1 aliphatic rings. The Hall–Kier alpha value is -0.480. The SMILES string of the molecule is Oc1ccc(N2CSCCSC2)cc1. The Labute approximate surface area is 92.7 Å². The van der Waals surface area contributed by atoms with Crippen LogP contribution in [0.3, 0.4) is 0 Å². The van der Waals surface area contributed by atoms with Gasteiger partial charge < -0.3 is 10.0 Å². The zero-order chi connectivity index (χ0) is 9.80. The first-order valence-corrected chi connectivity index (χ1v) is 6.87. The number of rotatable bonds is 1. The lowest BCUT2D eigenvalue weighted by molar-refractivity contribution is 0.475. The number of phenolic OH excluding ortho intramolecular Hbond substituents is 1. The molecule has 0 amide bonds. The second-order valence-electron chi connectivity index (χ2n) is 3.13. The maximum Gasteiger partial charge on any atom is 0.115 e. The maximum absolute atomic E-state index is 9.18. The largest absolute Gasteiger partial charge is 0.508 e. The van der Waals surface area contributed by atoms with E-state index in [1.54, 1.807) is 12.1 Å². The van der Waals surface area contributed by atoms with E-state index in [-0.39, 0.29) is 0 Å². The molecular weight excluding hydrogens is 214 g/mol. The Bertz CT molecular complexity index is 281.